The Hall–Kier alpha value is -0.0800. The topological polar surface area (TPSA) is 29.3 Å². The molecule has 2 N–H and O–H groups in total. The quantitative estimate of drug-likeness (QED) is 0.561. The lowest BCUT2D eigenvalue weighted by molar-refractivity contribution is 0.349. The molecule has 0 saturated carbocycles. The monoisotopic (exact) mass is 116 g/mol. The van der Waals surface area contributed by atoms with Gasteiger partial charge in [0.1, 0.15) is 0 Å². The van der Waals surface area contributed by atoms with E-state index < -0.39 is 0 Å². The van der Waals surface area contributed by atoms with Crippen LogP contribution in [-0.2, 0) is 0 Å². The summed E-state index contributed by atoms with van der Waals surface area (Å²) in [6, 6.07) is 0. The van der Waals surface area contributed by atoms with Crippen LogP contribution in [-0.4, -0.2) is 31.1 Å². The van der Waals surface area contributed by atoms with Crippen LogP contribution in [0.2, 0.25) is 0 Å². The van der Waals surface area contributed by atoms with Gasteiger partial charge in [0, 0.05) is 14.5 Å². The standard InChI is InChI=1S/C6H14N2.H2/c7-3-6-8-4-1-2-5-8;/h1-7H2;1H. The first-order valence-electron chi connectivity index (χ1n) is 3.36. The average Bonchev–Trinajstić information content (AvgIpc) is 2.19. The number of hydrogen-bond acceptors (Lipinski definition) is 2. The van der Waals surface area contributed by atoms with Gasteiger partial charge in [-0.15, -0.1) is 0 Å². The minimum absolute atomic E-state index is 0. The van der Waals surface area contributed by atoms with Crippen molar-refractivity contribution in [3.05, 3.63) is 0 Å². The van der Waals surface area contributed by atoms with Gasteiger partial charge in [0.25, 0.3) is 0 Å². The Labute approximate surface area is 52.1 Å². The highest BCUT2D eigenvalue weighted by Crippen LogP contribution is 2.04. The molecule has 1 fully saturated rings. The Bertz CT molecular complexity index is 62.1. The molecule has 0 unspecified atom stereocenters. The zero-order chi connectivity index (χ0) is 5.82. The van der Waals surface area contributed by atoms with Gasteiger partial charge < -0.3 is 10.6 Å². The zero-order valence-corrected chi connectivity index (χ0v) is 5.27. The normalized spacial score (nSPS) is 22.1. The molecule has 0 aromatic carbocycles. The summed E-state index contributed by atoms with van der Waals surface area (Å²) in [4.78, 5) is 2.42. The third-order valence-electron chi connectivity index (χ3n) is 1.64. The van der Waals surface area contributed by atoms with E-state index in [1.165, 1.54) is 25.9 Å². The third-order valence-corrected chi connectivity index (χ3v) is 1.64. The van der Waals surface area contributed by atoms with Crippen LogP contribution >= 0.6 is 0 Å². The fourth-order valence-corrected chi connectivity index (χ4v) is 1.19. The lowest BCUT2D eigenvalue weighted by Crippen LogP contribution is -2.26. The van der Waals surface area contributed by atoms with Crippen LogP contribution in [0.4, 0.5) is 0 Å². The number of rotatable bonds is 2. The largest absolute Gasteiger partial charge is 0.329 e. The molecule has 0 bridgehead atoms. The molecule has 2 nitrogen and oxygen atoms in total. The summed E-state index contributed by atoms with van der Waals surface area (Å²) < 4.78 is 0. The van der Waals surface area contributed by atoms with Crippen molar-refractivity contribution < 1.29 is 1.43 Å². The molecule has 1 aliphatic heterocycles. The van der Waals surface area contributed by atoms with E-state index in [1.54, 1.807) is 0 Å². The van der Waals surface area contributed by atoms with E-state index in [9.17, 15) is 0 Å². The Morgan fingerprint density at radius 3 is 2.50 bits per heavy atom. The van der Waals surface area contributed by atoms with E-state index in [2.05, 4.69) is 4.90 Å². The summed E-state index contributed by atoms with van der Waals surface area (Å²) >= 11 is 0. The first-order valence-corrected chi connectivity index (χ1v) is 3.36. The lowest BCUT2D eigenvalue weighted by atomic mass is 10.4. The summed E-state index contributed by atoms with van der Waals surface area (Å²) in [6.45, 7) is 4.47. The third kappa shape index (κ3) is 1.46. The molecule has 0 atom stereocenters. The molecule has 0 amide bonds. The zero-order valence-electron chi connectivity index (χ0n) is 5.27. The predicted octanol–water partition coefficient (Wildman–Crippen LogP) is 0.287. The van der Waals surface area contributed by atoms with E-state index in [-0.39, 0.29) is 1.43 Å². The second-order valence-electron chi connectivity index (χ2n) is 2.34. The molecule has 0 radical (unpaired) electrons. The number of nitrogens with zero attached hydrogens (tertiary/aromatic N) is 1. The molecule has 0 aliphatic carbocycles. The molecule has 2 heteroatoms. The molecule has 8 heavy (non-hydrogen) atoms. The average molecular weight is 116 g/mol. The van der Waals surface area contributed by atoms with Crippen LogP contribution in [0.5, 0.6) is 0 Å². The van der Waals surface area contributed by atoms with Crippen molar-refractivity contribution in [1.82, 2.24) is 4.90 Å². The van der Waals surface area contributed by atoms with Gasteiger partial charge in [-0.25, -0.2) is 0 Å². The summed E-state index contributed by atoms with van der Waals surface area (Å²) in [7, 11) is 0. The van der Waals surface area contributed by atoms with E-state index in [0.29, 0.717) is 0 Å². The summed E-state index contributed by atoms with van der Waals surface area (Å²) in [6.07, 6.45) is 2.75. The van der Waals surface area contributed by atoms with Crippen molar-refractivity contribution in [3.63, 3.8) is 0 Å². The second-order valence-corrected chi connectivity index (χ2v) is 2.34. The highest BCUT2D eigenvalue weighted by molar-refractivity contribution is 4.65. The van der Waals surface area contributed by atoms with Gasteiger partial charge in [0.2, 0.25) is 0 Å². The maximum atomic E-state index is 5.37. The van der Waals surface area contributed by atoms with Crippen molar-refractivity contribution >= 4 is 0 Å². The fraction of sp³-hybridized carbons (Fsp3) is 1.00. The highest BCUT2D eigenvalue weighted by Gasteiger charge is 2.08. The van der Waals surface area contributed by atoms with Crippen LogP contribution in [0.15, 0.2) is 0 Å². The Kier molecular flexibility index (Phi) is 2.30. The second kappa shape index (κ2) is 3.05. The lowest BCUT2D eigenvalue weighted by Gasteiger charge is -2.11. The first-order chi connectivity index (χ1) is 3.93. The SMILES string of the molecule is NCCN1CCCC1.[HH]. The maximum Gasteiger partial charge on any atom is 0.0105 e. The molecular weight excluding hydrogens is 100 g/mol. The van der Waals surface area contributed by atoms with Crippen LogP contribution < -0.4 is 5.73 Å². The van der Waals surface area contributed by atoms with Gasteiger partial charge in [-0.05, 0) is 25.9 Å². The van der Waals surface area contributed by atoms with Gasteiger partial charge >= 0.3 is 0 Å². The molecule has 0 aromatic rings. The molecule has 0 spiro atoms. The first kappa shape index (κ1) is 6.05. The van der Waals surface area contributed by atoms with Crippen LogP contribution in [0, 0.1) is 0 Å². The van der Waals surface area contributed by atoms with E-state index in [0.717, 1.165) is 13.1 Å². The van der Waals surface area contributed by atoms with Crippen LogP contribution in [0.3, 0.4) is 0 Å². The molecular formula is C6H16N2. The minimum Gasteiger partial charge on any atom is -0.329 e. The molecule has 1 heterocycles. The minimum atomic E-state index is 0. The fourth-order valence-electron chi connectivity index (χ4n) is 1.19. The van der Waals surface area contributed by atoms with Crippen molar-refractivity contribution in [3.8, 4) is 0 Å². The Balaban J connectivity index is 0.000000640. The molecule has 0 aromatic heterocycles. The molecule has 50 valence electrons. The van der Waals surface area contributed by atoms with Crippen molar-refractivity contribution in [2.45, 2.75) is 12.8 Å². The van der Waals surface area contributed by atoms with Crippen LogP contribution in [0.25, 0.3) is 0 Å². The van der Waals surface area contributed by atoms with Crippen molar-refractivity contribution in [2.75, 3.05) is 26.2 Å². The maximum absolute atomic E-state index is 5.37. The van der Waals surface area contributed by atoms with Gasteiger partial charge in [0.05, 0.1) is 0 Å². The van der Waals surface area contributed by atoms with Crippen molar-refractivity contribution in [1.29, 1.82) is 0 Å². The predicted molar refractivity (Wildman–Crippen MR) is 36.8 cm³/mol. The van der Waals surface area contributed by atoms with Gasteiger partial charge in [-0.3, -0.25) is 0 Å². The summed E-state index contributed by atoms with van der Waals surface area (Å²) in [5.41, 5.74) is 5.37. The van der Waals surface area contributed by atoms with E-state index in [4.69, 9.17) is 5.73 Å². The molecule has 1 aliphatic rings. The summed E-state index contributed by atoms with van der Waals surface area (Å²) in [5.74, 6) is 0. The summed E-state index contributed by atoms with van der Waals surface area (Å²) in [5, 5.41) is 0. The molecule has 1 saturated heterocycles. The van der Waals surface area contributed by atoms with Crippen molar-refractivity contribution in [2.24, 2.45) is 5.73 Å². The van der Waals surface area contributed by atoms with Gasteiger partial charge in [-0.1, -0.05) is 0 Å². The Morgan fingerprint density at radius 2 is 2.00 bits per heavy atom. The van der Waals surface area contributed by atoms with Gasteiger partial charge in [-0.2, -0.15) is 0 Å². The van der Waals surface area contributed by atoms with Gasteiger partial charge in [0.15, 0.2) is 0 Å². The van der Waals surface area contributed by atoms with E-state index in [1.807, 2.05) is 0 Å². The Morgan fingerprint density at radius 1 is 1.38 bits per heavy atom. The number of likely N-dealkylation sites (tertiary alicyclic amines) is 1. The van der Waals surface area contributed by atoms with E-state index >= 15 is 0 Å². The van der Waals surface area contributed by atoms with Crippen LogP contribution in [0.1, 0.15) is 14.3 Å². The number of nitrogens with two attached hydrogens (primary N) is 1. The smallest absolute Gasteiger partial charge is 0.0105 e. The molecule has 1 rings (SSSR count). The number of hydrogen-bond donors (Lipinski definition) is 1. The highest BCUT2D eigenvalue weighted by atomic mass is 15.1.